The lowest BCUT2D eigenvalue weighted by atomic mass is 9.70. The molecule has 5 atom stereocenters. The Bertz CT molecular complexity index is 1090. The standard InChI is InChI=1S/C31H43N3O6/c1-5-9-21-39-30(38)25-24-16-17-31(40-24)26(25)28(36)34(19-10-11-20-35)27(31)29(37)33(18-6-2)23-14-12-22(13-15-23)32(7-3)8-4/h5-6,12-15,24-27,35H,1-2,7-11,16-21H2,3-4H3/t24-,25+,26-,27?,31?/m0/s1. The van der Waals surface area contributed by atoms with Gasteiger partial charge < -0.3 is 29.3 Å². The molecular formula is C31H43N3O6. The summed E-state index contributed by atoms with van der Waals surface area (Å²) in [5, 5.41) is 9.38. The summed E-state index contributed by atoms with van der Waals surface area (Å²) in [5.41, 5.74) is 0.674. The number of aliphatic hydroxyl groups is 1. The number of carbonyl (C=O) groups excluding carboxylic acids is 3. The van der Waals surface area contributed by atoms with E-state index in [4.69, 9.17) is 9.47 Å². The summed E-state index contributed by atoms with van der Waals surface area (Å²) < 4.78 is 12.0. The van der Waals surface area contributed by atoms with E-state index in [1.807, 2.05) is 24.3 Å². The van der Waals surface area contributed by atoms with Crippen LogP contribution in [0.4, 0.5) is 11.4 Å². The van der Waals surface area contributed by atoms with E-state index in [1.54, 1.807) is 22.0 Å². The van der Waals surface area contributed by atoms with Crippen LogP contribution >= 0.6 is 0 Å². The second kappa shape index (κ2) is 13.0. The number of amides is 2. The number of esters is 1. The molecule has 40 heavy (non-hydrogen) atoms. The fourth-order valence-corrected chi connectivity index (χ4v) is 6.71. The Hall–Kier alpha value is -3.17. The Balaban J connectivity index is 1.68. The van der Waals surface area contributed by atoms with Crippen LogP contribution in [0.5, 0.6) is 0 Å². The first-order chi connectivity index (χ1) is 19.4. The number of hydrogen-bond acceptors (Lipinski definition) is 7. The molecule has 1 aromatic carbocycles. The molecule has 2 bridgehead atoms. The first kappa shape index (κ1) is 29.8. The second-order valence-corrected chi connectivity index (χ2v) is 10.7. The Morgan fingerprint density at radius 3 is 2.48 bits per heavy atom. The lowest BCUT2D eigenvalue weighted by Crippen LogP contribution is -2.56. The molecule has 3 aliphatic rings. The molecule has 0 radical (unpaired) electrons. The Kier molecular flexibility index (Phi) is 9.68. The number of hydrogen-bond donors (Lipinski definition) is 1. The average molecular weight is 554 g/mol. The molecule has 4 rings (SSSR count). The van der Waals surface area contributed by atoms with Crippen LogP contribution in [0.2, 0.25) is 0 Å². The summed E-state index contributed by atoms with van der Waals surface area (Å²) in [5.74, 6) is -2.48. The van der Waals surface area contributed by atoms with Crippen molar-refractivity contribution in [3.63, 3.8) is 0 Å². The minimum atomic E-state index is -1.10. The SMILES string of the molecule is C=CCCOC(=O)[C@@H]1[C@@H]2CCC3(O2)C(C(=O)N(CC=C)c2ccc(N(CC)CC)cc2)N(CCCCO)C(=O)[C@H]13. The number of fused-ring (bicyclic) bond motifs is 1. The predicted molar refractivity (Wildman–Crippen MR) is 154 cm³/mol. The summed E-state index contributed by atoms with van der Waals surface area (Å²) in [6.45, 7) is 14.2. The van der Waals surface area contributed by atoms with Gasteiger partial charge in [-0.1, -0.05) is 12.2 Å². The largest absolute Gasteiger partial charge is 0.465 e. The van der Waals surface area contributed by atoms with Gasteiger partial charge in [0, 0.05) is 44.2 Å². The molecule has 2 unspecified atom stereocenters. The van der Waals surface area contributed by atoms with Gasteiger partial charge in [0.15, 0.2) is 0 Å². The van der Waals surface area contributed by atoms with E-state index < -0.39 is 35.6 Å². The molecular weight excluding hydrogens is 510 g/mol. The van der Waals surface area contributed by atoms with Gasteiger partial charge in [-0.2, -0.15) is 0 Å². The first-order valence-electron chi connectivity index (χ1n) is 14.5. The molecule has 0 saturated carbocycles. The molecule has 1 N–H and O–H groups in total. The number of rotatable bonds is 15. The van der Waals surface area contributed by atoms with Gasteiger partial charge >= 0.3 is 5.97 Å². The quantitative estimate of drug-likeness (QED) is 0.202. The lowest BCUT2D eigenvalue weighted by Gasteiger charge is -2.37. The van der Waals surface area contributed by atoms with Crippen molar-refractivity contribution in [2.75, 3.05) is 49.2 Å². The zero-order valence-corrected chi connectivity index (χ0v) is 23.8. The molecule has 1 spiro atoms. The van der Waals surface area contributed by atoms with Gasteiger partial charge in [-0.25, -0.2) is 0 Å². The van der Waals surface area contributed by atoms with Crippen LogP contribution in [0.1, 0.15) is 46.0 Å². The lowest BCUT2D eigenvalue weighted by molar-refractivity contribution is -0.155. The number of nitrogens with zero attached hydrogens (tertiary/aromatic N) is 3. The number of benzene rings is 1. The van der Waals surface area contributed by atoms with Crippen LogP contribution in [0.3, 0.4) is 0 Å². The molecule has 3 saturated heterocycles. The number of aliphatic hydroxyl groups excluding tert-OH is 1. The van der Waals surface area contributed by atoms with Crippen molar-refractivity contribution in [2.45, 2.75) is 63.7 Å². The maximum absolute atomic E-state index is 14.5. The first-order valence-corrected chi connectivity index (χ1v) is 14.5. The summed E-state index contributed by atoms with van der Waals surface area (Å²) in [4.78, 5) is 47.1. The van der Waals surface area contributed by atoms with Crippen molar-refractivity contribution in [3.8, 4) is 0 Å². The summed E-state index contributed by atoms with van der Waals surface area (Å²) in [6, 6.07) is 6.95. The maximum Gasteiger partial charge on any atom is 0.312 e. The van der Waals surface area contributed by atoms with E-state index in [1.165, 1.54) is 0 Å². The van der Waals surface area contributed by atoms with Gasteiger partial charge in [0.25, 0.3) is 5.91 Å². The van der Waals surface area contributed by atoms with Gasteiger partial charge in [-0.3, -0.25) is 14.4 Å². The van der Waals surface area contributed by atoms with E-state index in [9.17, 15) is 19.5 Å². The highest BCUT2D eigenvalue weighted by atomic mass is 16.6. The van der Waals surface area contributed by atoms with E-state index in [0.29, 0.717) is 44.3 Å². The van der Waals surface area contributed by atoms with Gasteiger partial charge in [0.05, 0.1) is 24.5 Å². The number of anilines is 2. The highest BCUT2D eigenvalue weighted by Gasteiger charge is 2.75. The van der Waals surface area contributed by atoms with Crippen molar-refractivity contribution < 1.29 is 29.0 Å². The van der Waals surface area contributed by atoms with E-state index in [0.717, 1.165) is 18.8 Å². The maximum atomic E-state index is 14.5. The van der Waals surface area contributed by atoms with E-state index in [-0.39, 0.29) is 31.6 Å². The fraction of sp³-hybridized carbons (Fsp3) is 0.581. The molecule has 0 aromatic heterocycles. The van der Waals surface area contributed by atoms with Crippen LogP contribution in [-0.2, 0) is 23.9 Å². The second-order valence-electron chi connectivity index (χ2n) is 10.7. The van der Waals surface area contributed by atoms with Crippen LogP contribution < -0.4 is 9.80 Å². The van der Waals surface area contributed by atoms with Gasteiger partial charge in [0.2, 0.25) is 5.91 Å². The zero-order valence-electron chi connectivity index (χ0n) is 23.8. The van der Waals surface area contributed by atoms with Crippen molar-refractivity contribution in [3.05, 3.63) is 49.6 Å². The van der Waals surface area contributed by atoms with Crippen molar-refractivity contribution in [2.24, 2.45) is 11.8 Å². The molecule has 9 nitrogen and oxygen atoms in total. The number of carbonyl (C=O) groups is 3. The highest BCUT2D eigenvalue weighted by molar-refractivity contribution is 6.04. The topological polar surface area (TPSA) is 99.6 Å². The predicted octanol–water partition coefficient (Wildman–Crippen LogP) is 3.32. The third-order valence-electron chi connectivity index (χ3n) is 8.55. The third-order valence-corrected chi connectivity index (χ3v) is 8.55. The van der Waals surface area contributed by atoms with Gasteiger partial charge in [-0.05, 0) is 70.2 Å². The van der Waals surface area contributed by atoms with Crippen molar-refractivity contribution in [1.29, 1.82) is 0 Å². The molecule has 218 valence electrons. The Morgan fingerprint density at radius 1 is 1.15 bits per heavy atom. The Labute approximate surface area is 237 Å². The Morgan fingerprint density at radius 2 is 1.85 bits per heavy atom. The summed E-state index contributed by atoms with van der Waals surface area (Å²) in [6.07, 6.45) is 5.54. The minimum Gasteiger partial charge on any atom is -0.465 e. The van der Waals surface area contributed by atoms with Crippen molar-refractivity contribution >= 4 is 29.2 Å². The molecule has 9 heteroatoms. The van der Waals surface area contributed by atoms with E-state index >= 15 is 0 Å². The number of ether oxygens (including phenoxy) is 2. The van der Waals surface area contributed by atoms with Gasteiger partial charge in [0.1, 0.15) is 11.6 Å². The van der Waals surface area contributed by atoms with E-state index in [2.05, 4.69) is 31.9 Å². The summed E-state index contributed by atoms with van der Waals surface area (Å²) in [7, 11) is 0. The van der Waals surface area contributed by atoms with Crippen LogP contribution in [0.15, 0.2) is 49.6 Å². The van der Waals surface area contributed by atoms with Gasteiger partial charge in [-0.15, -0.1) is 13.2 Å². The zero-order chi connectivity index (χ0) is 28.9. The highest BCUT2D eigenvalue weighted by Crippen LogP contribution is 2.59. The van der Waals surface area contributed by atoms with Crippen molar-refractivity contribution in [1.82, 2.24) is 4.90 Å². The average Bonchev–Trinajstić information content (AvgIpc) is 3.60. The molecule has 3 aliphatic heterocycles. The fourth-order valence-electron chi connectivity index (χ4n) is 6.71. The molecule has 1 aromatic rings. The molecule has 3 heterocycles. The van der Waals surface area contributed by atoms with Crippen LogP contribution in [-0.4, -0.2) is 84.9 Å². The van der Waals surface area contributed by atoms with Crippen LogP contribution in [0, 0.1) is 11.8 Å². The summed E-state index contributed by atoms with van der Waals surface area (Å²) >= 11 is 0. The smallest absolute Gasteiger partial charge is 0.312 e. The monoisotopic (exact) mass is 553 g/mol. The number of likely N-dealkylation sites (tertiary alicyclic amines) is 1. The van der Waals surface area contributed by atoms with Crippen LogP contribution in [0.25, 0.3) is 0 Å². The normalized spacial score (nSPS) is 26.5. The molecule has 3 fully saturated rings. The molecule has 0 aliphatic carbocycles. The molecule has 2 amide bonds. The minimum absolute atomic E-state index is 0.00643. The number of unbranched alkanes of at least 4 members (excludes halogenated alkanes) is 1. The third kappa shape index (κ3) is 5.29.